The van der Waals surface area contributed by atoms with Crippen LogP contribution in [-0.4, -0.2) is 69.2 Å². The van der Waals surface area contributed by atoms with Crippen molar-refractivity contribution >= 4 is 5.91 Å². The zero-order valence-corrected chi connectivity index (χ0v) is 18.9. The zero-order valence-electron chi connectivity index (χ0n) is 18.9. The summed E-state index contributed by atoms with van der Waals surface area (Å²) in [4.78, 5) is 21.3. The lowest BCUT2D eigenvalue weighted by atomic mass is 10.0. The van der Waals surface area contributed by atoms with E-state index in [2.05, 4.69) is 4.98 Å². The number of carbonyl (C=O) groups excluding carboxylic acids is 1. The van der Waals surface area contributed by atoms with Gasteiger partial charge in [0, 0.05) is 37.6 Å². The van der Waals surface area contributed by atoms with Crippen LogP contribution in [0, 0.1) is 12.7 Å². The van der Waals surface area contributed by atoms with Crippen molar-refractivity contribution in [2.75, 3.05) is 33.2 Å². The Labute approximate surface area is 193 Å². The van der Waals surface area contributed by atoms with Crippen LogP contribution in [-0.2, 0) is 13.2 Å². The number of ether oxygens (including phenoxy) is 1. The van der Waals surface area contributed by atoms with E-state index in [9.17, 15) is 14.3 Å². The van der Waals surface area contributed by atoms with Gasteiger partial charge in [-0.05, 0) is 49.9 Å². The summed E-state index contributed by atoms with van der Waals surface area (Å²) in [5.41, 5.74) is 0.0808. The van der Waals surface area contributed by atoms with E-state index in [4.69, 9.17) is 4.74 Å². The van der Waals surface area contributed by atoms with Gasteiger partial charge < -0.3 is 24.2 Å². The van der Waals surface area contributed by atoms with Gasteiger partial charge in [-0.25, -0.2) is 9.37 Å². The predicted octanol–water partition coefficient (Wildman–Crippen LogP) is 2.73. The van der Waals surface area contributed by atoms with Crippen molar-refractivity contribution < 1.29 is 19.0 Å². The molecule has 8 heteroatoms. The Morgan fingerprint density at radius 1 is 1.18 bits per heavy atom. The summed E-state index contributed by atoms with van der Waals surface area (Å²) in [6.45, 7) is 4.27. The SMILES string of the molecule is Cc1nccn1C[C@]1(O)CN(C)CCN(C(=O)c2cccc(OCc3cccc(F)c3)c2)C1. The first-order valence-corrected chi connectivity index (χ1v) is 11.0. The first kappa shape index (κ1) is 22.9. The Kier molecular flexibility index (Phi) is 6.76. The van der Waals surface area contributed by atoms with Gasteiger partial charge in [-0.1, -0.05) is 18.2 Å². The van der Waals surface area contributed by atoms with Gasteiger partial charge in [0.25, 0.3) is 5.91 Å². The van der Waals surface area contributed by atoms with Crippen LogP contribution in [0.3, 0.4) is 0 Å². The number of aliphatic hydroxyl groups is 1. The fourth-order valence-electron chi connectivity index (χ4n) is 4.21. The van der Waals surface area contributed by atoms with Crippen molar-refractivity contribution in [2.24, 2.45) is 0 Å². The number of hydrogen-bond acceptors (Lipinski definition) is 5. The number of imidazole rings is 1. The van der Waals surface area contributed by atoms with E-state index in [0.717, 1.165) is 5.82 Å². The molecule has 0 saturated carbocycles. The number of likely N-dealkylation sites (N-methyl/N-ethyl adjacent to an activating group) is 1. The maximum absolute atomic E-state index is 13.4. The van der Waals surface area contributed by atoms with Gasteiger partial charge in [0.2, 0.25) is 0 Å². The molecule has 1 N–H and O–H groups in total. The second-order valence-electron chi connectivity index (χ2n) is 8.74. The standard InChI is InChI=1S/C25H29FN4O3/c1-19-27-9-10-29(19)17-25(32)16-28(2)11-12-30(18-25)24(31)21-6-4-8-23(14-21)33-15-20-5-3-7-22(26)13-20/h3-10,13-14,32H,11-12,15-18H2,1-2H3/t25-/m1/s1. The third kappa shape index (κ3) is 5.77. The van der Waals surface area contributed by atoms with Gasteiger partial charge in [0.15, 0.2) is 0 Å². The Morgan fingerprint density at radius 3 is 2.76 bits per heavy atom. The highest BCUT2D eigenvalue weighted by Crippen LogP contribution is 2.21. The summed E-state index contributed by atoms with van der Waals surface area (Å²) in [6, 6.07) is 13.2. The average Bonchev–Trinajstić information content (AvgIpc) is 3.11. The van der Waals surface area contributed by atoms with Crippen LogP contribution in [0.4, 0.5) is 4.39 Å². The van der Waals surface area contributed by atoms with Gasteiger partial charge >= 0.3 is 0 Å². The molecule has 174 valence electrons. The van der Waals surface area contributed by atoms with E-state index in [1.54, 1.807) is 47.5 Å². The molecule has 0 aliphatic carbocycles. The van der Waals surface area contributed by atoms with Crippen LogP contribution in [0.5, 0.6) is 5.75 Å². The molecule has 7 nitrogen and oxygen atoms in total. The number of carbonyl (C=O) groups is 1. The minimum absolute atomic E-state index is 0.165. The Morgan fingerprint density at radius 2 is 2.00 bits per heavy atom. The smallest absolute Gasteiger partial charge is 0.254 e. The molecular formula is C25H29FN4O3. The number of aromatic nitrogens is 2. The van der Waals surface area contributed by atoms with Crippen LogP contribution >= 0.6 is 0 Å². The van der Waals surface area contributed by atoms with Crippen molar-refractivity contribution in [1.29, 1.82) is 0 Å². The molecule has 4 rings (SSSR count). The van der Waals surface area contributed by atoms with Crippen LogP contribution in [0.2, 0.25) is 0 Å². The quantitative estimate of drug-likeness (QED) is 0.623. The summed E-state index contributed by atoms with van der Waals surface area (Å²) in [6.07, 6.45) is 3.54. The first-order chi connectivity index (χ1) is 15.8. The Hall–Kier alpha value is -3.23. The van der Waals surface area contributed by atoms with Crippen molar-refractivity contribution in [3.05, 3.63) is 83.7 Å². The second kappa shape index (κ2) is 9.72. The number of nitrogens with zero attached hydrogens (tertiary/aromatic N) is 4. The van der Waals surface area contributed by atoms with Gasteiger partial charge in [0.05, 0.1) is 13.1 Å². The van der Waals surface area contributed by atoms with Crippen LogP contribution in [0.1, 0.15) is 21.7 Å². The zero-order chi connectivity index (χ0) is 23.4. The second-order valence-corrected chi connectivity index (χ2v) is 8.74. The van der Waals surface area contributed by atoms with Crippen LogP contribution in [0.15, 0.2) is 60.9 Å². The molecule has 0 spiro atoms. The van der Waals surface area contributed by atoms with Gasteiger partial charge in [0.1, 0.15) is 29.6 Å². The predicted molar refractivity (Wildman–Crippen MR) is 122 cm³/mol. The van der Waals surface area contributed by atoms with E-state index < -0.39 is 5.60 Å². The van der Waals surface area contributed by atoms with E-state index in [-0.39, 0.29) is 24.9 Å². The molecule has 1 aliphatic heterocycles. The summed E-state index contributed by atoms with van der Waals surface area (Å²) in [7, 11) is 1.95. The minimum Gasteiger partial charge on any atom is -0.489 e. The molecule has 3 aromatic rings. The number of halogens is 1. The molecule has 0 radical (unpaired) electrons. The third-order valence-electron chi connectivity index (χ3n) is 5.85. The maximum Gasteiger partial charge on any atom is 0.254 e. The maximum atomic E-state index is 13.4. The van der Waals surface area contributed by atoms with E-state index in [1.165, 1.54) is 12.1 Å². The molecular weight excluding hydrogens is 423 g/mol. The molecule has 1 amide bonds. The highest BCUT2D eigenvalue weighted by atomic mass is 19.1. The van der Waals surface area contributed by atoms with Gasteiger partial charge in [-0.2, -0.15) is 0 Å². The molecule has 33 heavy (non-hydrogen) atoms. The number of amides is 1. The van der Waals surface area contributed by atoms with Gasteiger partial charge in [-0.15, -0.1) is 0 Å². The number of aryl methyl sites for hydroxylation is 1. The summed E-state index contributed by atoms with van der Waals surface area (Å²) < 4.78 is 21.1. The summed E-state index contributed by atoms with van der Waals surface area (Å²) >= 11 is 0. The normalized spacial score (nSPS) is 19.3. The van der Waals surface area contributed by atoms with Crippen LogP contribution < -0.4 is 4.74 Å². The topological polar surface area (TPSA) is 70.8 Å². The molecule has 0 bridgehead atoms. The number of benzene rings is 2. The van der Waals surface area contributed by atoms with E-state index in [0.29, 0.717) is 43.1 Å². The summed E-state index contributed by atoms with van der Waals surface area (Å²) in [5, 5.41) is 11.4. The Balaban J connectivity index is 1.48. The molecule has 2 heterocycles. The highest BCUT2D eigenvalue weighted by Gasteiger charge is 2.36. The van der Waals surface area contributed by atoms with E-state index >= 15 is 0 Å². The molecule has 1 aliphatic rings. The van der Waals surface area contributed by atoms with Crippen LogP contribution in [0.25, 0.3) is 0 Å². The molecule has 1 saturated heterocycles. The molecule has 1 atom stereocenters. The molecule has 1 fully saturated rings. The molecule has 1 aromatic heterocycles. The van der Waals surface area contributed by atoms with E-state index in [1.807, 2.05) is 29.6 Å². The Bertz CT molecular complexity index is 1120. The molecule has 0 unspecified atom stereocenters. The lowest BCUT2D eigenvalue weighted by molar-refractivity contribution is -0.0116. The van der Waals surface area contributed by atoms with Crippen molar-refractivity contribution in [1.82, 2.24) is 19.4 Å². The van der Waals surface area contributed by atoms with Crippen molar-refractivity contribution in [3.63, 3.8) is 0 Å². The fraction of sp³-hybridized carbons (Fsp3) is 0.360. The first-order valence-electron chi connectivity index (χ1n) is 11.0. The summed E-state index contributed by atoms with van der Waals surface area (Å²) in [5.74, 6) is 0.865. The lowest BCUT2D eigenvalue weighted by Gasteiger charge is -2.33. The van der Waals surface area contributed by atoms with Crippen molar-refractivity contribution in [3.8, 4) is 5.75 Å². The van der Waals surface area contributed by atoms with Gasteiger partial charge in [-0.3, -0.25) is 4.79 Å². The fourth-order valence-corrected chi connectivity index (χ4v) is 4.21. The number of β-amino-alcohol motifs (C(OH)–C–C–N with tert-alkyl or cyclic N) is 1. The lowest BCUT2D eigenvalue weighted by Crippen LogP contribution is -2.50. The minimum atomic E-state index is -1.11. The third-order valence-corrected chi connectivity index (χ3v) is 5.85. The largest absolute Gasteiger partial charge is 0.489 e. The monoisotopic (exact) mass is 452 g/mol. The number of hydrogen-bond donors (Lipinski definition) is 1. The molecule has 2 aromatic carbocycles. The van der Waals surface area contributed by atoms with Crippen molar-refractivity contribution in [2.45, 2.75) is 25.7 Å². The number of rotatable bonds is 6. The highest BCUT2D eigenvalue weighted by molar-refractivity contribution is 5.94. The average molecular weight is 453 g/mol.